The van der Waals surface area contributed by atoms with E-state index in [1.54, 1.807) is 25.7 Å². The number of nitrogens with one attached hydrogen (secondary N) is 2. The first-order chi connectivity index (χ1) is 16.4. The summed E-state index contributed by atoms with van der Waals surface area (Å²) in [6.07, 6.45) is -2.40. The molecule has 4 rings (SSSR count). The highest BCUT2D eigenvalue weighted by atomic mass is 35.5. The third kappa shape index (κ3) is 4.96. The lowest BCUT2D eigenvalue weighted by Crippen LogP contribution is -2.42. The summed E-state index contributed by atoms with van der Waals surface area (Å²) >= 11 is 6.27. The number of amides is 1. The molecule has 0 radical (unpaired) electrons. The van der Waals surface area contributed by atoms with Gasteiger partial charge < -0.3 is 15.0 Å². The van der Waals surface area contributed by atoms with Crippen LogP contribution in [0.2, 0.25) is 5.02 Å². The number of benzene rings is 1. The molecule has 2 aliphatic rings. The molecule has 2 N–H and O–H groups in total. The van der Waals surface area contributed by atoms with Crippen LogP contribution < -0.4 is 5.32 Å². The van der Waals surface area contributed by atoms with E-state index in [9.17, 15) is 18.0 Å². The fraction of sp³-hybridized carbons (Fsp3) is 0.458. The maximum Gasteiger partial charge on any atom is 0.417 e. The number of hydrogen-bond donors (Lipinski definition) is 2. The molecule has 1 atom stereocenters. The van der Waals surface area contributed by atoms with Crippen molar-refractivity contribution in [2.45, 2.75) is 51.3 Å². The second-order valence-electron chi connectivity index (χ2n) is 9.62. The van der Waals surface area contributed by atoms with Gasteiger partial charge in [0.2, 0.25) is 0 Å². The second-order valence-corrected chi connectivity index (χ2v) is 10.00. The Labute approximate surface area is 206 Å². The number of hydrogen-bond acceptors (Lipinski definition) is 4. The molecule has 35 heavy (non-hydrogen) atoms. The van der Waals surface area contributed by atoms with E-state index < -0.39 is 34.4 Å². The number of aromatic amines is 1. The minimum atomic E-state index is -4.63. The lowest BCUT2D eigenvalue weighted by molar-refractivity contribution is -0.137. The molecule has 3 heterocycles. The summed E-state index contributed by atoms with van der Waals surface area (Å²) in [5.74, 6) is -0.405. The number of H-pyrrole nitrogens is 1. The number of ether oxygens (including phenoxy) is 1. The molecule has 1 amide bonds. The molecule has 0 saturated carbocycles. The van der Waals surface area contributed by atoms with Crippen LogP contribution in [0.5, 0.6) is 0 Å². The predicted molar refractivity (Wildman–Crippen MR) is 125 cm³/mol. The van der Waals surface area contributed by atoms with Gasteiger partial charge in [-0.25, -0.2) is 9.64 Å². The van der Waals surface area contributed by atoms with Gasteiger partial charge in [-0.3, -0.25) is 5.10 Å². The molecule has 1 fully saturated rings. The fourth-order valence-electron chi connectivity index (χ4n) is 4.54. The Morgan fingerprint density at radius 3 is 2.51 bits per heavy atom. The molecule has 2 aliphatic heterocycles. The van der Waals surface area contributed by atoms with E-state index in [-0.39, 0.29) is 17.2 Å². The average Bonchev–Trinajstić information content (AvgIpc) is 3.24. The zero-order valence-electron chi connectivity index (χ0n) is 19.5. The number of likely N-dealkylation sites (tertiary alicyclic amines) is 1. The predicted octanol–water partition coefficient (Wildman–Crippen LogP) is 6.42. The van der Waals surface area contributed by atoms with Gasteiger partial charge in [0, 0.05) is 24.4 Å². The minimum Gasteiger partial charge on any atom is -0.444 e. The fourth-order valence-corrected chi connectivity index (χ4v) is 4.88. The van der Waals surface area contributed by atoms with Crippen molar-refractivity contribution in [1.29, 1.82) is 0 Å². The molecule has 2 aromatic rings. The molecule has 7 nitrogen and oxygen atoms in total. The number of anilines is 1. The van der Waals surface area contributed by atoms with Crippen LogP contribution in [0.3, 0.4) is 0 Å². The van der Waals surface area contributed by atoms with E-state index in [4.69, 9.17) is 22.9 Å². The number of halogens is 4. The van der Waals surface area contributed by atoms with Gasteiger partial charge in [-0.1, -0.05) is 23.7 Å². The van der Waals surface area contributed by atoms with Crippen LogP contribution >= 0.6 is 11.6 Å². The van der Waals surface area contributed by atoms with Gasteiger partial charge in [0.05, 0.1) is 29.3 Å². The van der Waals surface area contributed by atoms with E-state index >= 15 is 0 Å². The number of carbonyl (C=O) groups is 1. The lowest BCUT2D eigenvalue weighted by Gasteiger charge is -2.37. The van der Waals surface area contributed by atoms with Crippen molar-refractivity contribution < 1.29 is 22.7 Å². The van der Waals surface area contributed by atoms with Crippen LogP contribution in [-0.2, 0) is 10.9 Å². The van der Waals surface area contributed by atoms with E-state index in [2.05, 4.69) is 20.4 Å². The normalized spacial score (nSPS) is 19.1. The number of aromatic nitrogens is 2. The summed E-state index contributed by atoms with van der Waals surface area (Å²) in [6, 6.07) is 3.74. The first-order valence-electron chi connectivity index (χ1n) is 11.2. The summed E-state index contributed by atoms with van der Waals surface area (Å²) in [7, 11) is 0. The first-order valence-corrected chi connectivity index (χ1v) is 11.5. The van der Waals surface area contributed by atoms with Crippen molar-refractivity contribution in [2.75, 3.05) is 18.4 Å². The van der Waals surface area contributed by atoms with Gasteiger partial charge in [0.25, 0.3) is 0 Å². The van der Waals surface area contributed by atoms with Crippen LogP contribution in [0.4, 0.5) is 23.8 Å². The smallest absolute Gasteiger partial charge is 0.417 e. The molecule has 1 aromatic carbocycles. The molecule has 1 aromatic heterocycles. The van der Waals surface area contributed by atoms with E-state index in [1.165, 1.54) is 18.3 Å². The van der Waals surface area contributed by atoms with Crippen LogP contribution in [0, 0.1) is 12.5 Å². The van der Waals surface area contributed by atoms with Crippen molar-refractivity contribution in [1.82, 2.24) is 15.1 Å². The SMILES string of the molecule is [C-]#[N+]C1=C(C2CCN(C(=O)OC(C)(C)C)CC2)Nc2[nH]ncc2C1c1cccc(C(F)(F)F)c1Cl. The minimum absolute atomic E-state index is 0.110. The molecule has 0 spiro atoms. The molecule has 1 saturated heterocycles. The van der Waals surface area contributed by atoms with Crippen LogP contribution in [-0.4, -0.2) is 39.9 Å². The third-order valence-corrected chi connectivity index (χ3v) is 6.53. The topological polar surface area (TPSA) is 74.6 Å². The number of piperidine rings is 1. The first kappa shape index (κ1) is 24.9. The van der Waals surface area contributed by atoms with Crippen molar-refractivity contribution >= 4 is 23.5 Å². The second kappa shape index (κ2) is 9.11. The van der Waals surface area contributed by atoms with Crippen LogP contribution in [0.15, 0.2) is 35.8 Å². The van der Waals surface area contributed by atoms with Crippen molar-refractivity contribution in [3.05, 3.63) is 68.9 Å². The zero-order chi connectivity index (χ0) is 25.5. The van der Waals surface area contributed by atoms with Gasteiger partial charge in [0.15, 0.2) is 5.70 Å². The molecule has 11 heteroatoms. The summed E-state index contributed by atoms with van der Waals surface area (Å²) in [4.78, 5) is 17.8. The van der Waals surface area contributed by atoms with Gasteiger partial charge >= 0.3 is 12.3 Å². The average molecular weight is 508 g/mol. The van der Waals surface area contributed by atoms with Crippen molar-refractivity contribution in [3.63, 3.8) is 0 Å². The third-order valence-electron chi connectivity index (χ3n) is 6.11. The summed E-state index contributed by atoms with van der Waals surface area (Å²) in [6.45, 7) is 14.2. The standard InChI is InChI=1S/C24H25ClF3N5O2/c1-23(2,3)35-22(34)33-10-8-13(9-11-33)19-20(29-4)17(15-12-30-32-21(15)31-19)14-6-5-7-16(18(14)25)24(26,27)28/h5-7,12-13,17H,8-11H2,1-3H3,(H2,30,31,32). The highest BCUT2D eigenvalue weighted by Gasteiger charge is 2.40. The Hall–Kier alpha value is -3.19. The lowest BCUT2D eigenvalue weighted by atomic mass is 9.81. The number of nitrogens with zero attached hydrogens (tertiary/aromatic N) is 3. The number of alkyl halides is 3. The van der Waals surface area contributed by atoms with Gasteiger partial charge in [-0.15, -0.1) is 0 Å². The maximum atomic E-state index is 13.6. The van der Waals surface area contributed by atoms with E-state index in [0.29, 0.717) is 43.0 Å². The summed E-state index contributed by atoms with van der Waals surface area (Å²) in [5.41, 5.74) is 0.0758. The van der Waals surface area contributed by atoms with Crippen molar-refractivity contribution in [3.8, 4) is 0 Å². The Morgan fingerprint density at radius 2 is 1.91 bits per heavy atom. The van der Waals surface area contributed by atoms with E-state index in [1.807, 2.05) is 0 Å². The number of carbonyl (C=O) groups excluding carboxylic acids is 1. The Kier molecular flexibility index (Phi) is 6.49. The highest BCUT2D eigenvalue weighted by Crippen LogP contribution is 2.48. The van der Waals surface area contributed by atoms with Crippen LogP contribution in [0.1, 0.15) is 56.2 Å². The van der Waals surface area contributed by atoms with E-state index in [0.717, 1.165) is 6.07 Å². The largest absolute Gasteiger partial charge is 0.444 e. The number of fused-ring (bicyclic) bond motifs is 1. The van der Waals surface area contributed by atoms with Gasteiger partial charge in [-0.2, -0.15) is 18.3 Å². The monoisotopic (exact) mass is 507 g/mol. The molecular weight excluding hydrogens is 483 g/mol. The Bertz CT molecular complexity index is 1200. The maximum absolute atomic E-state index is 13.6. The molecule has 0 aliphatic carbocycles. The Morgan fingerprint density at radius 1 is 1.23 bits per heavy atom. The molecule has 1 unspecified atom stereocenters. The summed E-state index contributed by atoms with van der Waals surface area (Å²) < 4.78 is 46.1. The van der Waals surface area contributed by atoms with Gasteiger partial charge in [0.1, 0.15) is 11.4 Å². The van der Waals surface area contributed by atoms with Crippen LogP contribution in [0.25, 0.3) is 4.85 Å². The quantitative estimate of drug-likeness (QED) is 0.460. The number of rotatable bonds is 2. The number of allylic oxidation sites excluding steroid dienone is 2. The summed E-state index contributed by atoms with van der Waals surface area (Å²) in [5, 5.41) is 9.70. The van der Waals surface area contributed by atoms with Crippen molar-refractivity contribution in [2.24, 2.45) is 5.92 Å². The highest BCUT2D eigenvalue weighted by molar-refractivity contribution is 6.32. The zero-order valence-corrected chi connectivity index (χ0v) is 20.2. The Balaban J connectivity index is 1.68. The molecular formula is C24H25ClF3N5O2. The molecule has 186 valence electrons. The van der Waals surface area contributed by atoms with Gasteiger partial charge in [-0.05, 0) is 51.2 Å². The molecule has 0 bridgehead atoms.